The topological polar surface area (TPSA) is 42.1 Å². The predicted molar refractivity (Wildman–Crippen MR) is 85.2 cm³/mol. The van der Waals surface area contributed by atoms with Gasteiger partial charge in [0.05, 0.1) is 5.69 Å². The molecule has 2 N–H and O–H groups in total. The van der Waals surface area contributed by atoms with E-state index in [0.29, 0.717) is 5.13 Å². The van der Waals surface area contributed by atoms with Gasteiger partial charge in [-0.1, -0.05) is 30.3 Å². The summed E-state index contributed by atoms with van der Waals surface area (Å²) in [5.41, 5.74) is 8.68. The molecule has 1 aliphatic rings. The Morgan fingerprint density at radius 3 is 2.75 bits per heavy atom. The lowest BCUT2D eigenvalue weighted by molar-refractivity contribution is 0.254. The Kier molecular flexibility index (Phi) is 3.52. The summed E-state index contributed by atoms with van der Waals surface area (Å²) >= 11 is 1.66. The molecule has 0 aliphatic heterocycles. The molecule has 106 valence electrons. The lowest BCUT2D eigenvalue weighted by Gasteiger charge is -2.39. The van der Waals surface area contributed by atoms with Gasteiger partial charge in [-0.3, -0.25) is 0 Å². The first kappa shape index (κ1) is 13.6. The number of rotatable bonds is 3. The molecular weight excluding hydrogens is 266 g/mol. The van der Waals surface area contributed by atoms with Crippen LogP contribution in [0, 0.1) is 0 Å². The highest BCUT2D eigenvalue weighted by Gasteiger charge is 2.38. The van der Waals surface area contributed by atoms with Crippen LogP contribution in [-0.2, 0) is 18.3 Å². The third-order valence-corrected chi connectivity index (χ3v) is 5.12. The van der Waals surface area contributed by atoms with E-state index in [1.165, 1.54) is 22.6 Å². The van der Waals surface area contributed by atoms with Crippen LogP contribution >= 0.6 is 11.3 Å². The minimum absolute atomic E-state index is 0.165. The van der Waals surface area contributed by atoms with Gasteiger partial charge in [0.2, 0.25) is 0 Å². The largest absolute Gasteiger partial charge is 0.375 e. The van der Waals surface area contributed by atoms with Gasteiger partial charge >= 0.3 is 0 Å². The quantitative estimate of drug-likeness (QED) is 0.944. The average molecular weight is 287 g/mol. The van der Waals surface area contributed by atoms with Crippen LogP contribution in [0.4, 0.5) is 5.13 Å². The molecular formula is C16H21N3S. The first-order chi connectivity index (χ1) is 9.59. The molecule has 0 saturated heterocycles. The van der Waals surface area contributed by atoms with Crippen LogP contribution in [0.15, 0.2) is 30.3 Å². The van der Waals surface area contributed by atoms with E-state index in [1.54, 1.807) is 11.3 Å². The Morgan fingerprint density at radius 1 is 1.30 bits per heavy atom. The molecule has 1 aromatic carbocycles. The van der Waals surface area contributed by atoms with Gasteiger partial charge in [0.25, 0.3) is 0 Å². The van der Waals surface area contributed by atoms with Crippen LogP contribution < -0.4 is 5.73 Å². The van der Waals surface area contributed by atoms with Crippen molar-refractivity contribution in [2.45, 2.75) is 24.7 Å². The zero-order chi connectivity index (χ0) is 14.2. The second-order valence-corrected chi connectivity index (χ2v) is 7.10. The van der Waals surface area contributed by atoms with Gasteiger partial charge in [0.15, 0.2) is 5.13 Å². The Labute approximate surface area is 124 Å². The number of nitrogen functional groups attached to an aromatic ring is 1. The van der Waals surface area contributed by atoms with Gasteiger partial charge in [0, 0.05) is 23.3 Å². The molecule has 3 nitrogen and oxygen atoms in total. The number of fused-ring (bicyclic) bond motifs is 1. The summed E-state index contributed by atoms with van der Waals surface area (Å²) in [6.45, 7) is 1.05. The van der Waals surface area contributed by atoms with Crippen molar-refractivity contribution in [2.24, 2.45) is 0 Å². The van der Waals surface area contributed by atoms with Crippen molar-refractivity contribution in [1.82, 2.24) is 9.88 Å². The van der Waals surface area contributed by atoms with Crippen LogP contribution in [-0.4, -0.2) is 30.5 Å². The second kappa shape index (κ2) is 5.19. The molecule has 0 bridgehead atoms. The van der Waals surface area contributed by atoms with E-state index in [9.17, 15) is 0 Å². The van der Waals surface area contributed by atoms with Crippen molar-refractivity contribution in [3.63, 3.8) is 0 Å². The third kappa shape index (κ3) is 2.45. The molecule has 0 saturated carbocycles. The van der Waals surface area contributed by atoms with E-state index in [-0.39, 0.29) is 5.41 Å². The molecule has 2 aromatic rings. The van der Waals surface area contributed by atoms with E-state index in [2.05, 4.69) is 54.3 Å². The Bertz CT molecular complexity index is 591. The SMILES string of the molecule is CN(C)CC1(c2ccccc2)CCc2sc(N)nc2C1. The molecule has 1 aliphatic carbocycles. The average Bonchev–Trinajstić information content (AvgIpc) is 2.78. The van der Waals surface area contributed by atoms with Crippen molar-refractivity contribution < 1.29 is 0 Å². The van der Waals surface area contributed by atoms with Crippen molar-refractivity contribution in [3.8, 4) is 0 Å². The summed E-state index contributed by atoms with van der Waals surface area (Å²) in [7, 11) is 4.30. The van der Waals surface area contributed by atoms with Gasteiger partial charge in [-0.05, 0) is 32.5 Å². The minimum atomic E-state index is 0.165. The molecule has 1 atom stereocenters. The van der Waals surface area contributed by atoms with Crippen molar-refractivity contribution in [3.05, 3.63) is 46.5 Å². The number of anilines is 1. The van der Waals surface area contributed by atoms with E-state index >= 15 is 0 Å². The molecule has 0 radical (unpaired) electrons. The fourth-order valence-electron chi connectivity index (χ4n) is 3.37. The highest BCUT2D eigenvalue weighted by atomic mass is 32.1. The number of aromatic nitrogens is 1. The molecule has 3 rings (SSSR count). The second-order valence-electron chi connectivity index (χ2n) is 5.98. The van der Waals surface area contributed by atoms with Crippen LogP contribution in [0.2, 0.25) is 0 Å². The number of thiazole rings is 1. The van der Waals surface area contributed by atoms with Crippen molar-refractivity contribution in [1.29, 1.82) is 0 Å². The maximum Gasteiger partial charge on any atom is 0.180 e. The van der Waals surface area contributed by atoms with E-state index < -0.39 is 0 Å². The lowest BCUT2D eigenvalue weighted by Crippen LogP contribution is -2.42. The maximum absolute atomic E-state index is 5.88. The molecule has 0 amide bonds. The fourth-order valence-corrected chi connectivity index (χ4v) is 4.22. The predicted octanol–water partition coefficient (Wildman–Crippen LogP) is 2.71. The first-order valence-corrected chi connectivity index (χ1v) is 7.85. The molecule has 20 heavy (non-hydrogen) atoms. The van der Waals surface area contributed by atoms with Crippen LogP contribution in [0.5, 0.6) is 0 Å². The monoisotopic (exact) mass is 287 g/mol. The summed E-state index contributed by atoms with van der Waals surface area (Å²) in [6.07, 6.45) is 3.26. The first-order valence-electron chi connectivity index (χ1n) is 7.03. The molecule has 0 fully saturated rings. The standard InChI is InChI=1S/C16H21N3S/c1-19(2)11-16(12-6-4-3-5-7-12)9-8-14-13(10-16)18-15(17)20-14/h3-7H,8-11H2,1-2H3,(H2,17,18). The van der Waals surface area contributed by atoms with Gasteiger partial charge in [-0.2, -0.15) is 0 Å². The van der Waals surface area contributed by atoms with Gasteiger partial charge in [-0.15, -0.1) is 11.3 Å². The summed E-state index contributed by atoms with van der Waals surface area (Å²) in [6, 6.07) is 10.9. The zero-order valence-corrected chi connectivity index (χ0v) is 12.9. The smallest absolute Gasteiger partial charge is 0.180 e. The molecule has 1 aromatic heterocycles. The zero-order valence-electron chi connectivity index (χ0n) is 12.1. The Hall–Kier alpha value is -1.39. The van der Waals surface area contributed by atoms with E-state index in [1.807, 2.05) is 0 Å². The fraction of sp³-hybridized carbons (Fsp3) is 0.438. The Balaban J connectivity index is 2.00. The summed E-state index contributed by atoms with van der Waals surface area (Å²) in [4.78, 5) is 8.22. The maximum atomic E-state index is 5.88. The van der Waals surface area contributed by atoms with Crippen molar-refractivity contribution >= 4 is 16.5 Å². The number of hydrogen-bond donors (Lipinski definition) is 1. The van der Waals surface area contributed by atoms with Crippen molar-refractivity contribution in [2.75, 3.05) is 26.4 Å². The summed E-state index contributed by atoms with van der Waals surface area (Å²) in [5.74, 6) is 0. The summed E-state index contributed by atoms with van der Waals surface area (Å²) in [5, 5.41) is 0.712. The Morgan fingerprint density at radius 2 is 2.05 bits per heavy atom. The minimum Gasteiger partial charge on any atom is -0.375 e. The number of aryl methyl sites for hydroxylation is 1. The van der Waals surface area contributed by atoms with Crippen LogP contribution in [0.1, 0.15) is 22.6 Å². The molecule has 1 heterocycles. The van der Waals surface area contributed by atoms with E-state index in [0.717, 1.165) is 19.4 Å². The van der Waals surface area contributed by atoms with Gasteiger partial charge in [0.1, 0.15) is 0 Å². The summed E-state index contributed by atoms with van der Waals surface area (Å²) < 4.78 is 0. The highest BCUT2D eigenvalue weighted by molar-refractivity contribution is 7.15. The number of likely N-dealkylation sites (N-methyl/N-ethyl adjacent to an activating group) is 1. The number of nitrogens with two attached hydrogens (primary N) is 1. The van der Waals surface area contributed by atoms with Crippen LogP contribution in [0.3, 0.4) is 0 Å². The van der Waals surface area contributed by atoms with Gasteiger partial charge in [-0.25, -0.2) is 4.98 Å². The highest BCUT2D eigenvalue weighted by Crippen LogP contribution is 2.41. The van der Waals surface area contributed by atoms with E-state index in [4.69, 9.17) is 5.73 Å². The molecule has 0 spiro atoms. The van der Waals surface area contributed by atoms with Gasteiger partial charge < -0.3 is 10.6 Å². The molecule has 4 heteroatoms. The third-order valence-electron chi connectivity index (χ3n) is 4.14. The number of hydrogen-bond acceptors (Lipinski definition) is 4. The van der Waals surface area contributed by atoms with Crippen LogP contribution in [0.25, 0.3) is 0 Å². The molecule has 1 unspecified atom stereocenters. The number of benzene rings is 1. The normalized spacial score (nSPS) is 21.9. The number of nitrogens with zero attached hydrogens (tertiary/aromatic N) is 2. The lowest BCUT2D eigenvalue weighted by atomic mass is 9.70.